The fourth-order valence-electron chi connectivity index (χ4n) is 2.30. The van der Waals surface area contributed by atoms with Crippen LogP contribution in [0.15, 0.2) is 18.2 Å². The third-order valence-corrected chi connectivity index (χ3v) is 3.11. The van der Waals surface area contributed by atoms with Crippen molar-refractivity contribution in [1.82, 2.24) is 0 Å². The van der Waals surface area contributed by atoms with Gasteiger partial charge < -0.3 is 15.4 Å². The van der Waals surface area contributed by atoms with E-state index in [0.717, 1.165) is 38.2 Å². The Kier molecular flexibility index (Phi) is 3.84. The Morgan fingerprint density at radius 2 is 2.06 bits per heavy atom. The van der Waals surface area contributed by atoms with Gasteiger partial charge >= 0.3 is 0 Å². The maximum atomic E-state index is 13.2. The van der Waals surface area contributed by atoms with Gasteiger partial charge in [-0.2, -0.15) is 0 Å². The molecule has 1 aromatic rings. The molecule has 17 heavy (non-hydrogen) atoms. The lowest BCUT2D eigenvalue weighted by Gasteiger charge is -2.33. The molecule has 0 aliphatic carbocycles. The number of halogens is 1. The highest BCUT2D eigenvalue weighted by molar-refractivity contribution is 5.56. The van der Waals surface area contributed by atoms with Crippen molar-refractivity contribution in [2.75, 3.05) is 30.3 Å². The summed E-state index contributed by atoms with van der Waals surface area (Å²) >= 11 is 0. The molecule has 1 aliphatic heterocycles. The number of nitrogens with zero attached hydrogens (tertiary/aromatic N) is 1. The molecular weight excluding hydrogens is 219 g/mol. The molecule has 4 heteroatoms. The summed E-state index contributed by atoms with van der Waals surface area (Å²) in [6.07, 6.45) is 2.33. The molecule has 3 nitrogen and oxygen atoms in total. The van der Waals surface area contributed by atoms with Crippen molar-refractivity contribution in [3.05, 3.63) is 24.0 Å². The third-order valence-electron chi connectivity index (χ3n) is 3.11. The normalized spacial score (nSPS) is 17.4. The Morgan fingerprint density at radius 1 is 1.35 bits per heavy atom. The van der Waals surface area contributed by atoms with Crippen LogP contribution in [-0.4, -0.2) is 25.8 Å². The average Bonchev–Trinajstić information content (AvgIpc) is 2.29. The van der Waals surface area contributed by atoms with Crippen LogP contribution in [0.1, 0.15) is 19.8 Å². The van der Waals surface area contributed by atoms with Gasteiger partial charge in [0, 0.05) is 31.1 Å². The Hall–Kier alpha value is -1.29. The van der Waals surface area contributed by atoms with Gasteiger partial charge in [0.25, 0.3) is 0 Å². The molecule has 2 N–H and O–H groups in total. The Morgan fingerprint density at radius 3 is 2.65 bits per heavy atom. The van der Waals surface area contributed by atoms with Crippen molar-refractivity contribution in [1.29, 1.82) is 0 Å². The van der Waals surface area contributed by atoms with Crippen molar-refractivity contribution in [2.45, 2.75) is 25.9 Å². The van der Waals surface area contributed by atoms with Crippen molar-refractivity contribution in [2.24, 2.45) is 0 Å². The van der Waals surface area contributed by atoms with E-state index < -0.39 is 0 Å². The molecule has 1 fully saturated rings. The molecule has 1 heterocycles. The van der Waals surface area contributed by atoms with Crippen LogP contribution in [0.4, 0.5) is 15.8 Å². The van der Waals surface area contributed by atoms with E-state index in [2.05, 4.69) is 4.90 Å². The van der Waals surface area contributed by atoms with Crippen LogP contribution in [0.3, 0.4) is 0 Å². The molecule has 94 valence electrons. The highest BCUT2D eigenvalue weighted by Gasteiger charge is 2.19. The average molecular weight is 238 g/mol. The van der Waals surface area contributed by atoms with Crippen LogP contribution in [-0.2, 0) is 4.74 Å². The summed E-state index contributed by atoms with van der Waals surface area (Å²) in [6, 6.07) is 4.71. The highest BCUT2D eigenvalue weighted by atomic mass is 19.1. The first-order valence-electron chi connectivity index (χ1n) is 6.11. The quantitative estimate of drug-likeness (QED) is 0.822. The van der Waals surface area contributed by atoms with Crippen LogP contribution in [0.5, 0.6) is 0 Å². The van der Waals surface area contributed by atoms with Gasteiger partial charge in [0.1, 0.15) is 5.82 Å². The van der Waals surface area contributed by atoms with Crippen LogP contribution in [0, 0.1) is 5.82 Å². The SMILES string of the molecule is CCOC1CCN(c2cc(N)cc(F)c2)CC1. The lowest BCUT2D eigenvalue weighted by atomic mass is 10.1. The standard InChI is InChI=1S/C13H19FN2O/c1-2-17-13-3-5-16(6-4-13)12-8-10(14)7-11(15)9-12/h7-9,13H,2-6,15H2,1H3. The zero-order chi connectivity index (χ0) is 12.3. The maximum Gasteiger partial charge on any atom is 0.127 e. The minimum atomic E-state index is -0.271. The van der Waals surface area contributed by atoms with Gasteiger partial charge in [-0.15, -0.1) is 0 Å². The van der Waals surface area contributed by atoms with E-state index in [4.69, 9.17) is 10.5 Å². The summed E-state index contributed by atoms with van der Waals surface area (Å²) < 4.78 is 18.8. The Labute approximate surface area is 101 Å². The number of nitrogens with two attached hydrogens (primary N) is 1. The summed E-state index contributed by atoms with van der Waals surface area (Å²) in [4.78, 5) is 2.16. The molecule has 1 aromatic carbocycles. The van der Waals surface area contributed by atoms with Crippen LogP contribution < -0.4 is 10.6 Å². The van der Waals surface area contributed by atoms with Crippen LogP contribution >= 0.6 is 0 Å². The van der Waals surface area contributed by atoms with E-state index in [1.165, 1.54) is 12.1 Å². The fraction of sp³-hybridized carbons (Fsp3) is 0.538. The number of ether oxygens (including phenoxy) is 1. The summed E-state index contributed by atoms with van der Waals surface area (Å²) in [5, 5.41) is 0. The second-order valence-electron chi connectivity index (χ2n) is 4.38. The van der Waals surface area contributed by atoms with Gasteiger partial charge in [-0.05, 0) is 38.0 Å². The zero-order valence-electron chi connectivity index (χ0n) is 10.2. The minimum absolute atomic E-state index is 0.271. The van der Waals surface area contributed by atoms with Crippen molar-refractivity contribution < 1.29 is 9.13 Å². The van der Waals surface area contributed by atoms with E-state index in [9.17, 15) is 4.39 Å². The summed E-state index contributed by atoms with van der Waals surface area (Å²) in [5.41, 5.74) is 7.00. The number of hydrogen-bond donors (Lipinski definition) is 1. The Bertz CT molecular complexity index is 355. The van der Waals surface area contributed by atoms with Crippen molar-refractivity contribution in [3.8, 4) is 0 Å². The summed E-state index contributed by atoms with van der Waals surface area (Å²) in [5.74, 6) is -0.271. The van der Waals surface area contributed by atoms with Gasteiger partial charge in [-0.25, -0.2) is 4.39 Å². The van der Waals surface area contributed by atoms with E-state index in [0.29, 0.717) is 11.8 Å². The minimum Gasteiger partial charge on any atom is -0.399 e. The predicted octanol–water partition coefficient (Wildman–Crippen LogP) is 2.41. The van der Waals surface area contributed by atoms with Gasteiger partial charge in [-0.3, -0.25) is 0 Å². The molecule has 0 amide bonds. The number of piperidine rings is 1. The fourth-order valence-corrected chi connectivity index (χ4v) is 2.30. The molecule has 0 atom stereocenters. The third kappa shape index (κ3) is 3.09. The van der Waals surface area contributed by atoms with E-state index in [1.54, 1.807) is 0 Å². The molecule has 0 radical (unpaired) electrons. The topological polar surface area (TPSA) is 38.5 Å². The molecular formula is C13H19FN2O. The molecule has 0 unspecified atom stereocenters. The summed E-state index contributed by atoms with van der Waals surface area (Å²) in [6.45, 7) is 4.57. The lowest BCUT2D eigenvalue weighted by molar-refractivity contribution is 0.0459. The monoisotopic (exact) mass is 238 g/mol. The van der Waals surface area contributed by atoms with Crippen molar-refractivity contribution in [3.63, 3.8) is 0 Å². The maximum absolute atomic E-state index is 13.2. The Balaban J connectivity index is 2.00. The molecule has 0 bridgehead atoms. The molecule has 2 rings (SSSR count). The number of nitrogen functional groups attached to an aromatic ring is 1. The lowest BCUT2D eigenvalue weighted by Crippen LogP contribution is -2.37. The van der Waals surface area contributed by atoms with Gasteiger partial charge in [0.2, 0.25) is 0 Å². The van der Waals surface area contributed by atoms with Crippen molar-refractivity contribution >= 4 is 11.4 Å². The molecule has 0 spiro atoms. The molecule has 0 saturated carbocycles. The predicted molar refractivity (Wildman–Crippen MR) is 67.7 cm³/mol. The number of rotatable bonds is 3. The van der Waals surface area contributed by atoms with Gasteiger partial charge in [0.05, 0.1) is 6.10 Å². The van der Waals surface area contributed by atoms with Gasteiger partial charge in [-0.1, -0.05) is 0 Å². The second kappa shape index (κ2) is 5.36. The first-order valence-corrected chi connectivity index (χ1v) is 6.11. The first-order chi connectivity index (χ1) is 8.19. The second-order valence-corrected chi connectivity index (χ2v) is 4.38. The number of hydrogen-bond acceptors (Lipinski definition) is 3. The van der Waals surface area contributed by atoms with E-state index in [-0.39, 0.29) is 5.82 Å². The molecule has 1 saturated heterocycles. The highest BCUT2D eigenvalue weighted by Crippen LogP contribution is 2.24. The number of benzene rings is 1. The number of anilines is 2. The van der Waals surface area contributed by atoms with Crippen LogP contribution in [0.25, 0.3) is 0 Å². The van der Waals surface area contributed by atoms with E-state index >= 15 is 0 Å². The first kappa shape index (κ1) is 12.2. The van der Waals surface area contributed by atoms with Gasteiger partial charge in [0.15, 0.2) is 0 Å². The zero-order valence-corrected chi connectivity index (χ0v) is 10.2. The van der Waals surface area contributed by atoms with E-state index in [1.807, 2.05) is 13.0 Å². The molecule has 1 aliphatic rings. The van der Waals surface area contributed by atoms with Crippen LogP contribution in [0.2, 0.25) is 0 Å². The molecule has 0 aromatic heterocycles. The largest absolute Gasteiger partial charge is 0.399 e. The smallest absolute Gasteiger partial charge is 0.127 e. The summed E-state index contributed by atoms with van der Waals surface area (Å²) in [7, 11) is 0.